The summed E-state index contributed by atoms with van der Waals surface area (Å²) in [5, 5.41) is 3.93. The summed E-state index contributed by atoms with van der Waals surface area (Å²) in [7, 11) is 0. The standard InChI is InChI=1S/C25H23N3O3/c1-15-11-12-17(31-15)13-26-22(29)14-28-24(18-7-3-4-8-19(18)25(28)30)23-16(2)27-21-10-6-5-9-20(21)23/h3-12,24,27H,13-14H2,1-2H3,(H,26,29). The first kappa shape index (κ1) is 19.2. The Bertz CT molecular complexity index is 1300. The zero-order valence-corrected chi connectivity index (χ0v) is 17.4. The third-order valence-corrected chi connectivity index (χ3v) is 5.84. The lowest BCUT2D eigenvalue weighted by Crippen LogP contribution is -2.39. The number of aromatic nitrogens is 1. The van der Waals surface area contributed by atoms with Gasteiger partial charge < -0.3 is 19.6 Å². The first-order valence-electron chi connectivity index (χ1n) is 10.3. The van der Waals surface area contributed by atoms with E-state index in [4.69, 9.17) is 4.42 Å². The zero-order chi connectivity index (χ0) is 21.5. The van der Waals surface area contributed by atoms with Crippen molar-refractivity contribution in [2.75, 3.05) is 6.54 Å². The lowest BCUT2D eigenvalue weighted by atomic mass is 9.95. The number of fused-ring (bicyclic) bond motifs is 2. The molecule has 1 aliphatic heterocycles. The van der Waals surface area contributed by atoms with Gasteiger partial charge in [0.15, 0.2) is 0 Å². The number of nitrogens with zero attached hydrogens (tertiary/aromatic N) is 1. The molecule has 2 aromatic heterocycles. The minimum absolute atomic E-state index is 0.0309. The average molecular weight is 413 g/mol. The molecular formula is C25H23N3O3. The molecule has 1 unspecified atom stereocenters. The van der Waals surface area contributed by atoms with Crippen molar-refractivity contribution in [3.05, 3.63) is 94.6 Å². The largest absolute Gasteiger partial charge is 0.465 e. The predicted molar refractivity (Wildman–Crippen MR) is 118 cm³/mol. The molecule has 4 aromatic rings. The molecular weight excluding hydrogens is 390 g/mol. The Morgan fingerprint density at radius 1 is 1.06 bits per heavy atom. The highest BCUT2D eigenvalue weighted by Gasteiger charge is 2.40. The molecule has 156 valence electrons. The van der Waals surface area contributed by atoms with Gasteiger partial charge in [0.25, 0.3) is 5.91 Å². The van der Waals surface area contributed by atoms with E-state index >= 15 is 0 Å². The van der Waals surface area contributed by atoms with Gasteiger partial charge in [-0.15, -0.1) is 0 Å². The van der Waals surface area contributed by atoms with Crippen LogP contribution in [-0.2, 0) is 11.3 Å². The van der Waals surface area contributed by atoms with Crippen LogP contribution in [0.25, 0.3) is 10.9 Å². The molecule has 2 N–H and O–H groups in total. The van der Waals surface area contributed by atoms with Crippen molar-refractivity contribution in [1.82, 2.24) is 15.2 Å². The number of para-hydroxylation sites is 1. The fourth-order valence-corrected chi connectivity index (χ4v) is 4.47. The lowest BCUT2D eigenvalue weighted by molar-refractivity contribution is -0.122. The molecule has 3 heterocycles. The Hall–Kier alpha value is -3.80. The Kier molecular flexibility index (Phi) is 4.62. The highest BCUT2D eigenvalue weighted by molar-refractivity contribution is 6.02. The van der Waals surface area contributed by atoms with E-state index in [9.17, 15) is 9.59 Å². The summed E-state index contributed by atoms with van der Waals surface area (Å²) in [4.78, 5) is 31.1. The van der Waals surface area contributed by atoms with Gasteiger partial charge in [-0.3, -0.25) is 9.59 Å². The van der Waals surface area contributed by atoms with Crippen LogP contribution in [0.2, 0.25) is 0 Å². The normalized spacial score (nSPS) is 15.5. The summed E-state index contributed by atoms with van der Waals surface area (Å²) in [5.41, 5.74) is 4.61. The smallest absolute Gasteiger partial charge is 0.255 e. The van der Waals surface area contributed by atoms with Crippen molar-refractivity contribution >= 4 is 22.7 Å². The monoisotopic (exact) mass is 413 g/mol. The summed E-state index contributed by atoms with van der Waals surface area (Å²) in [6, 6.07) is 19.0. The van der Waals surface area contributed by atoms with Gasteiger partial charge in [-0.05, 0) is 43.7 Å². The summed E-state index contributed by atoms with van der Waals surface area (Å²) in [6.45, 7) is 4.13. The minimum Gasteiger partial charge on any atom is -0.465 e. The van der Waals surface area contributed by atoms with Crippen LogP contribution in [0.15, 0.2) is 65.1 Å². The second kappa shape index (κ2) is 7.47. The quantitative estimate of drug-likeness (QED) is 0.514. The Morgan fingerprint density at radius 2 is 1.84 bits per heavy atom. The molecule has 1 atom stereocenters. The number of furan rings is 1. The summed E-state index contributed by atoms with van der Waals surface area (Å²) in [5.74, 6) is 1.13. The second-order valence-corrected chi connectivity index (χ2v) is 7.92. The van der Waals surface area contributed by atoms with Gasteiger partial charge in [0.1, 0.15) is 18.1 Å². The SMILES string of the molecule is Cc1ccc(CNC(=O)CN2C(=O)c3ccccc3C2c2c(C)[nH]c3ccccc23)o1. The summed E-state index contributed by atoms with van der Waals surface area (Å²) >= 11 is 0. The molecule has 0 saturated carbocycles. The van der Waals surface area contributed by atoms with E-state index in [1.807, 2.05) is 68.4 Å². The number of H-pyrrole nitrogens is 1. The van der Waals surface area contributed by atoms with E-state index in [1.165, 1.54) is 0 Å². The van der Waals surface area contributed by atoms with Crippen LogP contribution < -0.4 is 5.32 Å². The topological polar surface area (TPSA) is 78.3 Å². The number of hydrogen-bond acceptors (Lipinski definition) is 3. The number of amides is 2. The van der Waals surface area contributed by atoms with Gasteiger partial charge in [0.2, 0.25) is 5.91 Å². The van der Waals surface area contributed by atoms with Crippen LogP contribution >= 0.6 is 0 Å². The number of rotatable bonds is 5. The molecule has 2 amide bonds. The maximum absolute atomic E-state index is 13.3. The third-order valence-electron chi connectivity index (χ3n) is 5.84. The Morgan fingerprint density at radius 3 is 2.65 bits per heavy atom. The molecule has 0 fully saturated rings. The molecule has 0 saturated heterocycles. The summed E-state index contributed by atoms with van der Waals surface area (Å²) < 4.78 is 5.52. The van der Waals surface area contributed by atoms with Gasteiger partial charge in [0.05, 0.1) is 12.6 Å². The summed E-state index contributed by atoms with van der Waals surface area (Å²) in [6.07, 6.45) is 0. The van der Waals surface area contributed by atoms with E-state index in [0.29, 0.717) is 17.9 Å². The first-order chi connectivity index (χ1) is 15.0. The first-order valence-corrected chi connectivity index (χ1v) is 10.3. The third kappa shape index (κ3) is 3.30. The highest BCUT2D eigenvalue weighted by Crippen LogP contribution is 2.42. The minimum atomic E-state index is -0.323. The molecule has 0 spiro atoms. The van der Waals surface area contributed by atoms with Gasteiger partial charge >= 0.3 is 0 Å². The van der Waals surface area contributed by atoms with Crippen molar-refractivity contribution in [2.45, 2.75) is 26.4 Å². The van der Waals surface area contributed by atoms with Crippen LogP contribution in [0.1, 0.15) is 44.7 Å². The molecule has 5 rings (SSSR count). The number of aryl methyl sites for hydroxylation is 2. The van der Waals surface area contributed by atoms with Crippen LogP contribution in [0.5, 0.6) is 0 Å². The van der Waals surface area contributed by atoms with E-state index in [2.05, 4.69) is 16.4 Å². The fourth-order valence-electron chi connectivity index (χ4n) is 4.47. The van der Waals surface area contributed by atoms with Crippen LogP contribution in [-0.4, -0.2) is 28.2 Å². The van der Waals surface area contributed by atoms with E-state index in [0.717, 1.165) is 33.5 Å². The van der Waals surface area contributed by atoms with Crippen LogP contribution in [0.3, 0.4) is 0 Å². The van der Waals surface area contributed by atoms with Crippen LogP contribution in [0.4, 0.5) is 0 Å². The molecule has 0 radical (unpaired) electrons. The van der Waals surface area contributed by atoms with Crippen molar-refractivity contribution in [3.63, 3.8) is 0 Å². The number of hydrogen-bond donors (Lipinski definition) is 2. The maximum atomic E-state index is 13.3. The van der Waals surface area contributed by atoms with E-state index in [-0.39, 0.29) is 24.4 Å². The van der Waals surface area contributed by atoms with Gasteiger partial charge in [0, 0.05) is 27.7 Å². The molecule has 0 bridgehead atoms. The number of aromatic amines is 1. The number of carbonyl (C=O) groups excluding carboxylic acids is 2. The van der Waals surface area contributed by atoms with Crippen molar-refractivity contribution in [2.24, 2.45) is 0 Å². The zero-order valence-electron chi connectivity index (χ0n) is 17.4. The van der Waals surface area contributed by atoms with E-state index in [1.54, 1.807) is 4.90 Å². The molecule has 2 aromatic carbocycles. The lowest BCUT2D eigenvalue weighted by Gasteiger charge is -2.25. The molecule has 6 nitrogen and oxygen atoms in total. The average Bonchev–Trinajstić information content (AvgIpc) is 3.41. The number of benzene rings is 2. The van der Waals surface area contributed by atoms with Crippen LogP contribution in [0, 0.1) is 13.8 Å². The molecule has 0 aliphatic carbocycles. The van der Waals surface area contributed by atoms with Crippen molar-refractivity contribution in [3.8, 4) is 0 Å². The van der Waals surface area contributed by atoms with Gasteiger partial charge in [-0.2, -0.15) is 0 Å². The predicted octanol–water partition coefficient (Wildman–Crippen LogP) is 4.24. The Labute approximate surface area is 179 Å². The van der Waals surface area contributed by atoms with Gasteiger partial charge in [-0.1, -0.05) is 36.4 Å². The molecule has 31 heavy (non-hydrogen) atoms. The molecule has 6 heteroatoms. The van der Waals surface area contributed by atoms with Crippen molar-refractivity contribution < 1.29 is 14.0 Å². The van der Waals surface area contributed by atoms with Gasteiger partial charge in [-0.25, -0.2) is 0 Å². The Balaban J connectivity index is 1.49. The highest BCUT2D eigenvalue weighted by atomic mass is 16.3. The number of nitrogens with one attached hydrogen (secondary N) is 2. The second-order valence-electron chi connectivity index (χ2n) is 7.92. The van der Waals surface area contributed by atoms with Crippen molar-refractivity contribution in [1.29, 1.82) is 0 Å². The maximum Gasteiger partial charge on any atom is 0.255 e. The fraction of sp³-hybridized carbons (Fsp3) is 0.200. The number of carbonyl (C=O) groups is 2. The van der Waals surface area contributed by atoms with E-state index < -0.39 is 0 Å². The molecule has 1 aliphatic rings.